The average molecular weight is 289 g/mol. The third-order valence-electron chi connectivity index (χ3n) is 2.82. The first-order chi connectivity index (χ1) is 9.61. The molecule has 20 heavy (non-hydrogen) atoms. The summed E-state index contributed by atoms with van der Waals surface area (Å²) in [6, 6.07) is 5.39. The summed E-state index contributed by atoms with van der Waals surface area (Å²) < 4.78 is 4.69. The fourth-order valence-corrected chi connectivity index (χ4v) is 2.30. The summed E-state index contributed by atoms with van der Waals surface area (Å²) in [6.45, 7) is 1.55. The van der Waals surface area contributed by atoms with Gasteiger partial charge in [-0.2, -0.15) is 0 Å². The number of fused-ring (bicyclic) bond motifs is 1. The van der Waals surface area contributed by atoms with Crippen LogP contribution in [0.1, 0.15) is 22.8 Å². The predicted octanol–water partition coefficient (Wildman–Crippen LogP) is 3.25. The molecule has 1 aromatic carbocycles. The number of carbonyl (C=O) groups is 2. The molecule has 0 aliphatic heterocycles. The summed E-state index contributed by atoms with van der Waals surface area (Å²) in [5.74, 6) is 0.305. The number of methoxy groups -OCH3 is 1. The van der Waals surface area contributed by atoms with Gasteiger partial charge in [0.25, 0.3) is 0 Å². The molecule has 1 N–H and O–H groups in total. The molecule has 0 radical (unpaired) electrons. The van der Waals surface area contributed by atoms with Crippen molar-refractivity contribution in [3.05, 3.63) is 41.6 Å². The van der Waals surface area contributed by atoms with Crippen LogP contribution in [0.4, 0.5) is 0 Å². The maximum atomic E-state index is 11.5. The molecule has 0 aliphatic carbocycles. The number of H-pyrrole nitrogens is 1. The number of esters is 1. The Morgan fingerprint density at radius 2 is 2.20 bits per heavy atom. The van der Waals surface area contributed by atoms with Crippen LogP contribution < -0.4 is 0 Å². The van der Waals surface area contributed by atoms with E-state index in [1.165, 1.54) is 18.9 Å². The molecule has 0 atom stereocenters. The fourth-order valence-electron chi connectivity index (χ4n) is 1.87. The van der Waals surface area contributed by atoms with Crippen LogP contribution in [0.5, 0.6) is 0 Å². The van der Waals surface area contributed by atoms with E-state index in [0.29, 0.717) is 11.3 Å². The van der Waals surface area contributed by atoms with Crippen LogP contribution in [0.3, 0.4) is 0 Å². The van der Waals surface area contributed by atoms with Gasteiger partial charge in [-0.25, -0.2) is 4.79 Å². The van der Waals surface area contributed by atoms with Gasteiger partial charge in [0.1, 0.15) is 0 Å². The first-order valence-corrected chi connectivity index (χ1v) is 7.09. The third-order valence-corrected chi connectivity index (χ3v) is 3.58. The lowest BCUT2D eigenvalue weighted by Gasteiger charge is -1.99. The predicted molar refractivity (Wildman–Crippen MR) is 81.8 cm³/mol. The summed E-state index contributed by atoms with van der Waals surface area (Å²) in [5, 5.41) is 1.14. The van der Waals surface area contributed by atoms with Crippen molar-refractivity contribution in [2.75, 3.05) is 12.9 Å². The molecule has 104 valence electrons. The van der Waals surface area contributed by atoms with Gasteiger partial charge in [-0.1, -0.05) is 30.0 Å². The van der Waals surface area contributed by atoms with Crippen LogP contribution >= 0.6 is 11.8 Å². The molecular formula is C15H15NO3S. The van der Waals surface area contributed by atoms with Crippen LogP contribution in [-0.2, 0) is 9.53 Å². The zero-order valence-corrected chi connectivity index (χ0v) is 12.1. The van der Waals surface area contributed by atoms with Gasteiger partial charge < -0.3 is 9.72 Å². The molecule has 2 aromatic rings. The number of benzene rings is 1. The van der Waals surface area contributed by atoms with Crippen molar-refractivity contribution >= 4 is 39.8 Å². The molecular weight excluding hydrogens is 274 g/mol. The van der Waals surface area contributed by atoms with E-state index in [4.69, 9.17) is 4.74 Å². The molecule has 0 fully saturated rings. The Balaban J connectivity index is 2.20. The Morgan fingerprint density at radius 3 is 2.90 bits per heavy atom. The molecule has 4 nitrogen and oxygen atoms in total. The zero-order chi connectivity index (χ0) is 14.5. The number of ether oxygens (including phenoxy) is 1. The van der Waals surface area contributed by atoms with Crippen molar-refractivity contribution in [1.82, 2.24) is 4.98 Å². The molecule has 0 spiro atoms. The Morgan fingerprint density at radius 1 is 1.40 bits per heavy atom. The molecule has 0 unspecified atom stereocenters. The molecule has 0 amide bonds. The summed E-state index contributed by atoms with van der Waals surface area (Å²) in [7, 11) is 1.36. The van der Waals surface area contributed by atoms with Crippen LogP contribution in [-0.4, -0.2) is 28.9 Å². The number of carbonyl (C=O) groups excluding carboxylic acids is 2. The maximum Gasteiger partial charge on any atom is 0.337 e. The van der Waals surface area contributed by atoms with Gasteiger partial charge in [-0.3, -0.25) is 4.79 Å². The van der Waals surface area contributed by atoms with E-state index in [1.807, 2.05) is 24.4 Å². The van der Waals surface area contributed by atoms with E-state index in [1.54, 1.807) is 19.1 Å². The molecule has 0 aliphatic rings. The van der Waals surface area contributed by atoms with Crippen molar-refractivity contribution in [1.29, 1.82) is 0 Å². The quantitative estimate of drug-likeness (QED) is 0.878. The summed E-state index contributed by atoms with van der Waals surface area (Å²) in [6.07, 6.45) is 5.79. The number of aromatic amines is 1. The topological polar surface area (TPSA) is 59.2 Å². The summed E-state index contributed by atoms with van der Waals surface area (Å²) in [5.41, 5.74) is 2.43. The number of nitrogens with one attached hydrogen (secondary N) is 1. The summed E-state index contributed by atoms with van der Waals surface area (Å²) >= 11 is 1.27. The highest BCUT2D eigenvalue weighted by atomic mass is 32.2. The Hall–Kier alpha value is -2.01. The van der Waals surface area contributed by atoms with E-state index in [9.17, 15) is 9.59 Å². The first-order valence-electron chi connectivity index (χ1n) is 6.11. The second-order valence-electron chi connectivity index (χ2n) is 4.20. The smallest absolute Gasteiger partial charge is 0.337 e. The van der Waals surface area contributed by atoms with Gasteiger partial charge in [0.05, 0.1) is 12.7 Å². The standard InChI is InChI=1S/C15H15NO3S/c1-10(17)20-7-3-4-12-9-16-14-8-11(15(18)19-2)5-6-13(12)14/h3-6,8-9,16H,7H2,1-2H3. The number of rotatable bonds is 4. The fraction of sp³-hybridized carbons (Fsp3) is 0.200. The highest BCUT2D eigenvalue weighted by Crippen LogP contribution is 2.21. The minimum atomic E-state index is -0.351. The Labute approximate surface area is 121 Å². The van der Waals surface area contributed by atoms with Crippen LogP contribution in [0, 0.1) is 0 Å². The van der Waals surface area contributed by atoms with Crippen molar-refractivity contribution in [2.45, 2.75) is 6.92 Å². The number of hydrogen-bond acceptors (Lipinski definition) is 4. The van der Waals surface area contributed by atoms with E-state index in [-0.39, 0.29) is 11.1 Å². The average Bonchev–Trinajstić information content (AvgIpc) is 2.84. The number of hydrogen-bond donors (Lipinski definition) is 1. The maximum absolute atomic E-state index is 11.5. The molecule has 5 heteroatoms. The van der Waals surface area contributed by atoms with Crippen LogP contribution in [0.2, 0.25) is 0 Å². The molecule has 0 saturated heterocycles. The second kappa shape index (κ2) is 6.43. The van der Waals surface area contributed by atoms with Gasteiger partial charge in [-0.15, -0.1) is 0 Å². The van der Waals surface area contributed by atoms with Crippen molar-refractivity contribution in [3.63, 3.8) is 0 Å². The lowest BCUT2D eigenvalue weighted by molar-refractivity contribution is -0.109. The minimum Gasteiger partial charge on any atom is -0.465 e. The lowest BCUT2D eigenvalue weighted by Crippen LogP contribution is -2.00. The largest absolute Gasteiger partial charge is 0.465 e. The van der Waals surface area contributed by atoms with E-state index < -0.39 is 0 Å². The SMILES string of the molecule is COC(=O)c1ccc2c(C=CCSC(C)=O)c[nH]c2c1. The van der Waals surface area contributed by atoms with Crippen LogP contribution in [0.25, 0.3) is 17.0 Å². The van der Waals surface area contributed by atoms with Gasteiger partial charge in [0.15, 0.2) is 5.12 Å². The van der Waals surface area contributed by atoms with Gasteiger partial charge in [0, 0.05) is 29.8 Å². The minimum absolute atomic E-state index is 0.108. The number of aromatic nitrogens is 1. The van der Waals surface area contributed by atoms with Gasteiger partial charge in [-0.05, 0) is 17.7 Å². The molecule has 2 rings (SSSR count). The number of thioether (sulfide) groups is 1. The zero-order valence-electron chi connectivity index (χ0n) is 11.3. The molecule has 1 heterocycles. The van der Waals surface area contributed by atoms with E-state index >= 15 is 0 Å². The second-order valence-corrected chi connectivity index (χ2v) is 5.40. The van der Waals surface area contributed by atoms with Crippen molar-refractivity contribution in [3.8, 4) is 0 Å². The highest BCUT2D eigenvalue weighted by molar-refractivity contribution is 8.13. The van der Waals surface area contributed by atoms with E-state index in [0.717, 1.165) is 16.5 Å². The lowest BCUT2D eigenvalue weighted by atomic mass is 10.1. The Bertz CT molecular complexity index is 673. The summed E-state index contributed by atoms with van der Waals surface area (Å²) in [4.78, 5) is 25.4. The molecule has 0 bridgehead atoms. The molecule has 0 saturated carbocycles. The van der Waals surface area contributed by atoms with Crippen LogP contribution in [0.15, 0.2) is 30.5 Å². The normalized spacial score (nSPS) is 11.1. The van der Waals surface area contributed by atoms with Crippen molar-refractivity contribution < 1.29 is 14.3 Å². The highest BCUT2D eigenvalue weighted by Gasteiger charge is 2.08. The van der Waals surface area contributed by atoms with E-state index in [2.05, 4.69) is 4.98 Å². The Kier molecular flexibility index (Phi) is 4.63. The van der Waals surface area contributed by atoms with Crippen molar-refractivity contribution in [2.24, 2.45) is 0 Å². The first kappa shape index (κ1) is 14.4. The monoisotopic (exact) mass is 289 g/mol. The van der Waals surface area contributed by atoms with Gasteiger partial charge >= 0.3 is 5.97 Å². The van der Waals surface area contributed by atoms with Gasteiger partial charge in [0.2, 0.25) is 0 Å². The molecule has 1 aromatic heterocycles. The third kappa shape index (κ3) is 3.30.